The third-order valence-corrected chi connectivity index (χ3v) is 7.00. The minimum Gasteiger partial charge on any atom is -0.475 e. The zero-order valence-corrected chi connectivity index (χ0v) is 20.5. The average Bonchev–Trinajstić information content (AvgIpc) is 3.31. The van der Waals surface area contributed by atoms with Crippen LogP contribution in [0.15, 0.2) is 27.6 Å². The zero-order valence-electron chi connectivity index (χ0n) is 18.1. The number of amides is 2. The van der Waals surface area contributed by atoms with E-state index in [1.54, 1.807) is 17.0 Å². The van der Waals surface area contributed by atoms with E-state index in [2.05, 4.69) is 30.9 Å². The summed E-state index contributed by atoms with van der Waals surface area (Å²) in [5.74, 6) is -2.76. The third kappa shape index (κ3) is 8.60. The van der Waals surface area contributed by atoms with Crippen LogP contribution in [0.1, 0.15) is 12.8 Å². The maximum atomic E-state index is 12.5. The molecule has 3 rings (SSSR count). The van der Waals surface area contributed by atoms with Gasteiger partial charge in [-0.15, -0.1) is 0 Å². The molecular formula is C19H26BrF3N4O6S. The van der Waals surface area contributed by atoms with Crippen molar-refractivity contribution < 1.29 is 41.0 Å². The van der Waals surface area contributed by atoms with Crippen molar-refractivity contribution in [1.29, 1.82) is 0 Å². The van der Waals surface area contributed by atoms with Gasteiger partial charge in [0.25, 0.3) is 0 Å². The number of morpholine rings is 1. The average molecular weight is 575 g/mol. The van der Waals surface area contributed by atoms with Gasteiger partial charge < -0.3 is 25.0 Å². The van der Waals surface area contributed by atoms with Crippen molar-refractivity contribution in [2.24, 2.45) is 0 Å². The number of carbonyl (C=O) groups is 2. The predicted molar refractivity (Wildman–Crippen MR) is 120 cm³/mol. The van der Waals surface area contributed by atoms with Gasteiger partial charge in [0.2, 0.25) is 10.0 Å². The molecule has 0 radical (unpaired) electrons. The number of ether oxygens (including phenoxy) is 1. The van der Waals surface area contributed by atoms with Gasteiger partial charge in [-0.3, -0.25) is 0 Å². The topological polar surface area (TPSA) is 128 Å². The lowest BCUT2D eigenvalue weighted by atomic mass is 10.3. The van der Waals surface area contributed by atoms with E-state index in [0.29, 0.717) is 26.3 Å². The number of carboxylic acid groups (broad SMARTS) is 1. The predicted octanol–water partition coefficient (Wildman–Crippen LogP) is 2.00. The molecule has 34 heavy (non-hydrogen) atoms. The van der Waals surface area contributed by atoms with Gasteiger partial charge in [0.05, 0.1) is 23.8 Å². The monoisotopic (exact) mass is 574 g/mol. The van der Waals surface area contributed by atoms with Crippen molar-refractivity contribution in [1.82, 2.24) is 14.9 Å². The van der Waals surface area contributed by atoms with Crippen LogP contribution in [0.4, 0.5) is 23.7 Å². The molecule has 1 aromatic rings. The quantitative estimate of drug-likeness (QED) is 0.443. The number of carboxylic acids is 1. The molecule has 0 unspecified atom stereocenters. The SMILES string of the molecule is O=C(NCCNS(=O)(=O)c1ccc(N2CCCC2)c(Br)c1)N1CCOCC1.O=C(O)C(F)(F)F. The first-order chi connectivity index (χ1) is 15.9. The molecule has 0 saturated carbocycles. The number of rotatable bonds is 6. The van der Waals surface area contributed by atoms with Crippen LogP contribution in [-0.4, -0.2) is 89.1 Å². The Bertz CT molecular complexity index is 952. The first-order valence-corrected chi connectivity index (χ1v) is 12.6. The van der Waals surface area contributed by atoms with Crippen molar-refractivity contribution in [2.45, 2.75) is 23.9 Å². The van der Waals surface area contributed by atoms with Crippen molar-refractivity contribution in [3.63, 3.8) is 0 Å². The number of halogens is 4. The van der Waals surface area contributed by atoms with Gasteiger partial charge in [-0.05, 0) is 47.0 Å². The van der Waals surface area contributed by atoms with Crippen molar-refractivity contribution in [3.05, 3.63) is 22.7 Å². The van der Waals surface area contributed by atoms with Crippen molar-refractivity contribution in [2.75, 3.05) is 57.4 Å². The molecule has 2 fully saturated rings. The van der Waals surface area contributed by atoms with E-state index in [-0.39, 0.29) is 24.0 Å². The Morgan fingerprint density at radius 3 is 2.21 bits per heavy atom. The Morgan fingerprint density at radius 2 is 1.68 bits per heavy atom. The third-order valence-electron chi connectivity index (χ3n) is 4.91. The molecule has 0 aliphatic carbocycles. The van der Waals surface area contributed by atoms with Crippen LogP contribution in [0.5, 0.6) is 0 Å². The standard InChI is InChI=1S/C17H25BrN4O4S.C2HF3O2/c18-15-13-14(3-4-16(15)21-7-1-2-8-21)27(24,25)20-6-5-19-17(23)22-9-11-26-12-10-22;3-2(4,5)1(6)7/h3-4,13,20H,1-2,5-12H2,(H,19,23);(H,6,7). The number of carbonyl (C=O) groups excluding carboxylic acids is 1. The number of alkyl halides is 3. The number of benzene rings is 1. The molecule has 0 aromatic heterocycles. The highest BCUT2D eigenvalue weighted by Gasteiger charge is 2.38. The lowest BCUT2D eigenvalue weighted by Gasteiger charge is -2.26. The van der Waals surface area contributed by atoms with Gasteiger partial charge in [0.15, 0.2) is 0 Å². The number of sulfonamides is 1. The van der Waals surface area contributed by atoms with Gasteiger partial charge in [-0.2, -0.15) is 13.2 Å². The molecule has 0 atom stereocenters. The van der Waals surface area contributed by atoms with E-state index in [1.807, 2.05) is 6.07 Å². The lowest BCUT2D eigenvalue weighted by Crippen LogP contribution is -2.47. The minimum absolute atomic E-state index is 0.129. The summed E-state index contributed by atoms with van der Waals surface area (Å²) in [6.07, 6.45) is -2.77. The number of nitrogens with one attached hydrogen (secondary N) is 2. The molecule has 0 spiro atoms. The van der Waals surface area contributed by atoms with Crippen molar-refractivity contribution in [3.8, 4) is 0 Å². The number of hydrogen-bond donors (Lipinski definition) is 3. The maximum absolute atomic E-state index is 12.5. The maximum Gasteiger partial charge on any atom is 0.490 e. The summed E-state index contributed by atoms with van der Waals surface area (Å²) in [6, 6.07) is 4.88. The van der Waals surface area contributed by atoms with E-state index < -0.39 is 22.2 Å². The molecule has 3 N–H and O–H groups in total. The molecule has 2 saturated heterocycles. The summed E-state index contributed by atoms with van der Waals surface area (Å²) < 4.78 is 65.2. The van der Waals surface area contributed by atoms with Crippen LogP contribution in [0, 0.1) is 0 Å². The van der Waals surface area contributed by atoms with Gasteiger partial charge in [-0.25, -0.2) is 22.7 Å². The fraction of sp³-hybridized carbons (Fsp3) is 0.579. The first kappa shape index (κ1) is 28.1. The van der Waals surface area contributed by atoms with Gasteiger partial charge in [0.1, 0.15) is 0 Å². The minimum atomic E-state index is -5.08. The van der Waals surface area contributed by atoms with Crippen LogP contribution >= 0.6 is 15.9 Å². The first-order valence-electron chi connectivity index (χ1n) is 10.4. The number of anilines is 1. The Morgan fingerprint density at radius 1 is 1.09 bits per heavy atom. The Labute approximate surface area is 203 Å². The lowest BCUT2D eigenvalue weighted by molar-refractivity contribution is -0.192. The zero-order chi connectivity index (χ0) is 25.4. The molecule has 10 nitrogen and oxygen atoms in total. The Balaban J connectivity index is 0.000000509. The van der Waals surface area contributed by atoms with E-state index in [0.717, 1.165) is 36.1 Å². The normalized spacial score (nSPS) is 16.6. The molecule has 2 aliphatic rings. The molecule has 15 heteroatoms. The van der Waals surface area contributed by atoms with Gasteiger partial charge in [0, 0.05) is 43.7 Å². The molecular weight excluding hydrogens is 549 g/mol. The molecule has 192 valence electrons. The van der Waals surface area contributed by atoms with E-state index in [4.69, 9.17) is 14.6 Å². The van der Waals surface area contributed by atoms with Crippen LogP contribution in [0.2, 0.25) is 0 Å². The molecule has 2 heterocycles. The Kier molecular flexibility index (Phi) is 10.4. The van der Waals surface area contributed by atoms with E-state index in [9.17, 15) is 26.4 Å². The van der Waals surface area contributed by atoms with E-state index in [1.165, 1.54) is 0 Å². The summed E-state index contributed by atoms with van der Waals surface area (Å²) in [7, 11) is -3.63. The second-order valence-corrected chi connectivity index (χ2v) is 9.96. The second kappa shape index (κ2) is 12.6. The van der Waals surface area contributed by atoms with Gasteiger partial charge >= 0.3 is 18.2 Å². The highest BCUT2D eigenvalue weighted by molar-refractivity contribution is 9.10. The number of hydrogen-bond acceptors (Lipinski definition) is 6. The molecule has 0 bridgehead atoms. The molecule has 1 aromatic carbocycles. The number of nitrogens with zero attached hydrogens (tertiary/aromatic N) is 2. The van der Waals surface area contributed by atoms with Crippen LogP contribution in [0.3, 0.4) is 0 Å². The largest absolute Gasteiger partial charge is 0.490 e. The van der Waals surface area contributed by atoms with Crippen LogP contribution in [-0.2, 0) is 19.6 Å². The van der Waals surface area contributed by atoms with Crippen LogP contribution in [0.25, 0.3) is 0 Å². The summed E-state index contributed by atoms with van der Waals surface area (Å²) in [5, 5.41) is 9.85. The second-order valence-electron chi connectivity index (χ2n) is 7.34. The van der Waals surface area contributed by atoms with Crippen LogP contribution < -0.4 is 14.9 Å². The van der Waals surface area contributed by atoms with E-state index >= 15 is 0 Å². The van der Waals surface area contributed by atoms with Crippen molar-refractivity contribution >= 4 is 43.6 Å². The fourth-order valence-corrected chi connectivity index (χ4v) is 5.02. The highest BCUT2D eigenvalue weighted by atomic mass is 79.9. The molecule has 2 aliphatic heterocycles. The van der Waals surface area contributed by atoms with Gasteiger partial charge in [-0.1, -0.05) is 0 Å². The summed E-state index contributed by atoms with van der Waals surface area (Å²) in [4.78, 5) is 25.0. The summed E-state index contributed by atoms with van der Waals surface area (Å²) >= 11 is 3.49. The fourth-order valence-electron chi connectivity index (χ4n) is 3.19. The number of urea groups is 1. The molecule has 2 amide bonds. The highest BCUT2D eigenvalue weighted by Crippen LogP contribution is 2.31. The smallest absolute Gasteiger partial charge is 0.475 e. The number of aliphatic carboxylic acids is 1. The summed E-state index contributed by atoms with van der Waals surface area (Å²) in [6.45, 7) is 4.50. The summed E-state index contributed by atoms with van der Waals surface area (Å²) in [5.41, 5.74) is 1.02. The Hall–Kier alpha value is -2.10.